The lowest BCUT2D eigenvalue weighted by molar-refractivity contribution is -0.161. The second kappa shape index (κ2) is 3.68. The van der Waals surface area contributed by atoms with Crippen LogP contribution in [-0.4, -0.2) is 40.8 Å². The number of alkyl halides is 2. The molecule has 1 aliphatic rings. The van der Waals surface area contributed by atoms with E-state index in [1.165, 1.54) is 27.7 Å². The molecule has 0 atom stereocenters. The lowest BCUT2D eigenvalue weighted by Crippen LogP contribution is -2.72. The van der Waals surface area contributed by atoms with Crippen molar-refractivity contribution >= 4 is 11.8 Å². The summed E-state index contributed by atoms with van der Waals surface area (Å²) >= 11 is 0. The summed E-state index contributed by atoms with van der Waals surface area (Å²) in [5.74, 6) is -0.907. The average Bonchev–Trinajstić information content (AvgIpc) is 2.09. The number of halogens is 2. The fourth-order valence-corrected chi connectivity index (χ4v) is 1.65. The van der Waals surface area contributed by atoms with Crippen molar-refractivity contribution in [2.24, 2.45) is 0 Å². The Bertz CT molecular complexity index is 327. The molecule has 1 N–H and O–H groups in total. The summed E-state index contributed by atoms with van der Waals surface area (Å²) in [4.78, 5) is 24.6. The molecule has 0 radical (unpaired) electrons. The third-order valence-electron chi connectivity index (χ3n) is 2.76. The van der Waals surface area contributed by atoms with E-state index in [9.17, 15) is 18.4 Å². The van der Waals surface area contributed by atoms with Crippen molar-refractivity contribution in [3.8, 4) is 0 Å². The van der Waals surface area contributed by atoms with E-state index in [2.05, 4.69) is 5.32 Å². The minimum absolute atomic E-state index is 0.419. The molecule has 0 saturated carbocycles. The van der Waals surface area contributed by atoms with Crippen LogP contribution in [0.15, 0.2) is 0 Å². The van der Waals surface area contributed by atoms with Crippen LogP contribution in [-0.2, 0) is 9.59 Å². The summed E-state index contributed by atoms with van der Waals surface area (Å²) < 4.78 is 24.8. The van der Waals surface area contributed by atoms with E-state index >= 15 is 0 Å². The molecule has 2 amide bonds. The van der Waals surface area contributed by atoms with Crippen molar-refractivity contribution in [1.82, 2.24) is 10.2 Å². The maximum Gasteiger partial charge on any atom is 0.255 e. The molecule has 92 valence electrons. The maximum absolute atomic E-state index is 12.4. The first kappa shape index (κ1) is 12.9. The summed E-state index contributed by atoms with van der Waals surface area (Å²) in [6.45, 7) is 5.19. The van der Waals surface area contributed by atoms with E-state index in [0.29, 0.717) is 0 Å². The Morgan fingerprint density at radius 3 is 2.19 bits per heavy atom. The summed E-state index contributed by atoms with van der Waals surface area (Å²) in [5, 5.41) is 2.52. The molecule has 6 heteroatoms. The molecule has 0 aromatic heterocycles. The highest BCUT2D eigenvalue weighted by Crippen LogP contribution is 2.26. The van der Waals surface area contributed by atoms with Gasteiger partial charge in [0.05, 0.1) is 6.54 Å². The van der Waals surface area contributed by atoms with E-state index in [0.717, 1.165) is 4.90 Å². The molecule has 0 bridgehead atoms. The molecular formula is C10H16F2N2O2. The van der Waals surface area contributed by atoms with Gasteiger partial charge in [-0.15, -0.1) is 0 Å². The van der Waals surface area contributed by atoms with Gasteiger partial charge in [-0.3, -0.25) is 9.59 Å². The molecular weight excluding hydrogens is 218 g/mol. The van der Waals surface area contributed by atoms with Gasteiger partial charge < -0.3 is 10.2 Å². The predicted molar refractivity (Wildman–Crippen MR) is 54.0 cm³/mol. The summed E-state index contributed by atoms with van der Waals surface area (Å²) in [7, 11) is 0. The number of carbonyl (C=O) groups excluding carboxylic acids is 2. The van der Waals surface area contributed by atoms with Crippen molar-refractivity contribution in [2.45, 2.75) is 45.2 Å². The molecule has 0 aromatic rings. The van der Waals surface area contributed by atoms with Crippen molar-refractivity contribution in [3.05, 3.63) is 0 Å². The largest absolute Gasteiger partial charge is 0.340 e. The average molecular weight is 234 g/mol. The lowest BCUT2D eigenvalue weighted by atomic mass is 9.90. The molecule has 4 nitrogen and oxygen atoms in total. The highest BCUT2D eigenvalue weighted by molar-refractivity contribution is 6.01. The topological polar surface area (TPSA) is 49.4 Å². The van der Waals surface area contributed by atoms with Crippen molar-refractivity contribution in [1.29, 1.82) is 0 Å². The minimum atomic E-state index is -2.65. The minimum Gasteiger partial charge on any atom is -0.340 e. The maximum atomic E-state index is 12.4. The Kier molecular flexibility index (Phi) is 2.96. The van der Waals surface area contributed by atoms with Crippen LogP contribution in [0.2, 0.25) is 0 Å². The predicted octanol–water partition coefficient (Wildman–Crippen LogP) is 0.767. The van der Waals surface area contributed by atoms with Crippen LogP contribution >= 0.6 is 0 Å². The lowest BCUT2D eigenvalue weighted by Gasteiger charge is -2.47. The standard InChI is InChI=1S/C10H16F2N2O2/c1-9(2)8(16)14(5-6(11)12)10(3,4)7(15)13-9/h6H,5H2,1-4H3,(H,13,15). The van der Waals surface area contributed by atoms with E-state index in [1.807, 2.05) is 0 Å². The van der Waals surface area contributed by atoms with E-state index < -0.39 is 35.9 Å². The second-order valence-corrected chi connectivity index (χ2v) is 4.94. The molecule has 1 rings (SSSR count). The third-order valence-corrected chi connectivity index (χ3v) is 2.76. The highest BCUT2D eigenvalue weighted by Gasteiger charge is 2.50. The smallest absolute Gasteiger partial charge is 0.255 e. The molecule has 0 spiro atoms. The number of piperazine rings is 1. The van der Waals surface area contributed by atoms with E-state index in [4.69, 9.17) is 0 Å². The van der Waals surface area contributed by atoms with Gasteiger partial charge in [-0.05, 0) is 27.7 Å². The Morgan fingerprint density at radius 2 is 1.75 bits per heavy atom. The Balaban J connectivity index is 3.07. The third kappa shape index (κ3) is 2.01. The van der Waals surface area contributed by atoms with Crippen LogP contribution in [0, 0.1) is 0 Å². The number of hydrogen-bond donors (Lipinski definition) is 1. The van der Waals surface area contributed by atoms with Crippen molar-refractivity contribution < 1.29 is 18.4 Å². The fraction of sp³-hybridized carbons (Fsp3) is 0.800. The Labute approximate surface area is 93.0 Å². The highest BCUT2D eigenvalue weighted by atomic mass is 19.3. The molecule has 1 fully saturated rings. The number of hydrogen-bond acceptors (Lipinski definition) is 2. The Morgan fingerprint density at radius 1 is 1.25 bits per heavy atom. The molecule has 0 aromatic carbocycles. The molecule has 1 saturated heterocycles. The molecule has 1 heterocycles. The zero-order valence-corrected chi connectivity index (χ0v) is 9.80. The van der Waals surface area contributed by atoms with Crippen LogP contribution in [0.5, 0.6) is 0 Å². The summed E-state index contributed by atoms with van der Waals surface area (Å²) in [6, 6.07) is 0. The van der Waals surface area contributed by atoms with Gasteiger partial charge in [-0.1, -0.05) is 0 Å². The van der Waals surface area contributed by atoms with Crippen molar-refractivity contribution in [3.63, 3.8) is 0 Å². The quantitative estimate of drug-likeness (QED) is 0.767. The first-order chi connectivity index (χ1) is 7.09. The van der Waals surface area contributed by atoms with Gasteiger partial charge in [0.15, 0.2) is 0 Å². The van der Waals surface area contributed by atoms with Crippen molar-refractivity contribution in [2.75, 3.05) is 6.54 Å². The fourth-order valence-electron chi connectivity index (χ4n) is 1.65. The van der Waals surface area contributed by atoms with E-state index in [-0.39, 0.29) is 0 Å². The second-order valence-electron chi connectivity index (χ2n) is 4.94. The molecule has 1 aliphatic heterocycles. The SMILES string of the molecule is CC1(C)NC(=O)C(C)(C)N(CC(F)F)C1=O. The summed E-state index contributed by atoms with van der Waals surface area (Å²) in [6.07, 6.45) is -2.65. The van der Waals surface area contributed by atoms with Gasteiger partial charge in [-0.25, -0.2) is 8.78 Å². The number of rotatable bonds is 2. The van der Waals surface area contributed by atoms with Crippen LogP contribution < -0.4 is 5.32 Å². The first-order valence-electron chi connectivity index (χ1n) is 5.02. The summed E-state index contributed by atoms with van der Waals surface area (Å²) in [5.41, 5.74) is -2.36. The van der Waals surface area contributed by atoms with Gasteiger partial charge in [-0.2, -0.15) is 0 Å². The Hall–Kier alpha value is -1.20. The van der Waals surface area contributed by atoms with Crippen LogP contribution in [0.1, 0.15) is 27.7 Å². The van der Waals surface area contributed by atoms with Crippen LogP contribution in [0.4, 0.5) is 8.78 Å². The number of carbonyl (C=O) groups is 2. The monoisotopic (exact) mass is 234 g/mol. The first-order valence-corrected chi connectivity index (χ1v) is 5.02. The number of amides is 2. The van der Waals surface area contributed by atoms with Gasteiger partial charge in [0.1, 0.15) is 11.1 Å². The van der Waals surface area contributed by atoms with Gasteiger partial charge in [0.25, 0.3) is 6.43 Å². The number of nitrogens with zero attached hydrogens (tertiary/aromatic N) is 1. The zero-order valence-electron chi connectivity index (χ0n) is 9.80. The van der Waals surface area contributed by atoms with E-state index in [1.54, 1.807) is 0 Å². The van der Waals surface area contributed by atoms with Crippen LogP contribution in [0.3, 0.4) is 0 Å². The molecule has 16 heavy (non-hydrogen) atoms. The van der Waals surface area contributed by atoms with Gasteiger partial charge in [0, 0.05) is 0 Å². The number of nitrogens with one attached hydrogen (secondary N) is 1. The molecule has 0 aliphatic carbocycles. The molecule has 0 unspecified atom stereocenters. The van der Waals surface area contributed by atoms with Gasteiger partial charge in [0.2, 0.25) is 11.8 Å². The van der Waals surface area contributed by atoms with Gasteiger partial charge >= 0.3 is 0 Å². The normalized spacial score (nSPS) is 23.6. The zero-order chi connectivity index (χ0) is 12.7. The van der Waals surface area contributed by atoms with Crippen LogP contribution in [0.25, 0.3) is 0 Å².